The quantitative estimate of drug-likeness (QED) is 0.414. The molecule has 0 N–H and O–H groups in total. The van der Waals surface area contributed by atoms with E-state index in [4.69, 9.17) is 29.6 Å². The lowest BCUT2D eigenvalue weighted by atomic mass is 10.2. The molecule has 0 saturated heterocycles. The van der Waals surface area contributed by atoms with Crippen LogP contribution in [-0.2, 0) is 0 Å². The van der Waals surface area contributed by atoms with E-state index in [1.807, 2.05) is 0 Å². The molecule has 50 valence electrons. The van der Waals surface area contributed by atoms with Gasteiger partial charge < -0.3 is 6.42 Å². The Morgan fingerprint density at radius 2 is 1.60 bits per heavy atom. The smallest absolute Gasteiger partial charge is 0.0255 e. The maximum Gasteiger partial charge on any atom is 0.0255 e. The van der Waals surface area contributed by atoms with Crippen molar-refractivity contribution in [2.45, 2.75) is 0 Å². The van der Waals surface area contributed by atoms with Crippen LogP contribution >= 0.6 is 23.2 Å². The van der Waals surface area contributed by atoms with Gasteiger partial charge in [0.1, 0.15) is 0 Å². The Hall–Kier alpha value is -0.640. The zero-order chi connectivity index (χ0) is 7.56. The molecule has 1 aromatic rings. The third-order valence-corrected chi connectivity index (χ3v) is 1.44. The first-order chi connectivity index (χ1) is 4.72. The van der Waals surface area contributed by atoms with E-state index in [0.29, 0.717) is 15.6 Å². The Kier molecular flexibility index (Phi) is 2.21. The summed E-state index contributed by atoms with van der Waals surface area (Å²) >= 11 is 11.2. The van der Waals surface area contributed by atoms with Crippen LogP contribution in [0.3, 0.4) is 0 Å². The summed E-state index contributed by atoms with van der Waals surface area (Å²) in [6.07, 6.45) is 6.77. The average Bonchev–Trinajstić information content (AvgIpc) is 1.85. The van der Waals surface area contributed by atoms with E-state index in [-0.39, 0.29) is 0 Å². The molecule has 0 aliphatic heterocycles. The van der Waals surface area contributed by atoms with Gasteiger partial charge in [-0.05, 0) is 6.07 Å². The van der Waals surface area contributed by atoms with E-state index < -0.39 is 0 Å². The van der Waals surface area contributed by atoms with Crippen LogP contribution in [-0.4, -0.2) is 0 Å². The largest absolute Gasteiger partial charge is 0.366 e. The molecule has 0 radical (unpaired) electrons. The molecular formula is C8H3Cl2-. The molecule has 0 saturated carbocycles. The van der Waals surface area contributed by atoms with E-state index in [1.165, 1.54) is 0 Å². The summed E-state index contributed by atoms with van der Waals surface area (Å²) in [6.45, 7) is 0. The Bertz CT molecular complexity index is 264. The number of benzene rings is 1. The highest BCUT2D eigenvalue weighted by Crippen LogP contribution is 2.17. The van der Waals surface area contributed by atoms with Crippen LogP contribution in [0.1, 0.15) is 5.56 Å². The van der Waals surface area contributed by atoms with Crippen LogP contribution in [0.15, 0.2) is 18.2 Å². The fourth-order valence-corrected chi connectivity index (χ4v) is 1.15. The highest BCUT2D eigenvalue weighted by Gasteiger charge is 1.87. The lowest BCUT2D eigenvalue weighted by Crippen LogP contribution is -1.72. The van der Waals surface area contributed by atoms with Crippen molar-refractivity contribution in [2.24, 2.45) is 0 Å². The second kappa shape index (κ2) is 2.96. The molecule has 10 heavy (non-hydrogen) atoms. The van der Waals surface area contributed by atoms with Crippen molar-refractivity contribution in [2.75, 3.05) is 0 Å². The van der Waals surface area contributed by atoms with Crippen LogP contribution in [0.4, 0.5) is 0 Å². The summed E-state index contributed by atoms with van der Waals surface area (Å²) in [6, 6.07) is 4.87. The third kappa shape index (κ3) is 1.67. The fraction of sp³-hybridized carbons (Fsp3) is 0. The molecule has 0 spiro atoms. The highest BCUT2D eigenvalue weighted by atomic mass is 35.5. The number of hydrogen-bond donors (Lipinski definition) is 0. The van der Waals surface area contributed by atoms with Gasteiger partial charge in [0.2, 0.25) is 0 Å². The van der Waals surface area contributed by atoms with E-state index in [1.54, 1.807) is 18.2 Å². The molecule has 0 bridgehead atoms. The maximum atomic E-state index is 6.77. The highest BCUT2D eigenvalue weighted by molar-refractivity contribution is 6.34. The average molecular weight is 170 g/mol. The Morgan fingerprint density at radius 3 is 2.00 bits per heavy atom. The number of rotatable bonds is 0. The second-order valence-corrected chi connectivity index (χ2v) is 2.66. The van der Waals surface area contributed by atoms with Gasteiger partial charge in [0.05, 0.1) is 0 Å². The van der Waals surface area contributed by atoms with Gasteiger partial charge in [0.15, 0.2) is 0 Å². The Labute approximate surface area is 69.8 Å². The first-order valence-electron chi connectivity index (χ1n) is 2.61. The predicted molar refractivity (Wildman–Crippen MR) is 42.7 cm³/mol. The van der Waals surface area contributed by atoms with Crippen molar-refractivity contribution < 1.29 is 0 Å². The molecule has 0 aliphatic rings. The predicted octanol–water partition coefficient (Wildman–Crippen LogP) is 2.93. The lowest BCUT2D eigenvalue weighted by molar-refractivity contribution is 1.64. The third-order valence-electron chi connectivity index (χ3n) is 1.01. The first-order valence-corrected chi connectivity index (χ1v) is 3.37. The maximum absolute atomic E-state index is 6.77. The molecule has 0 amide bonds. The summed E-state index contributed by atoms with van der Waals surface area (Å²) < 4.78 is 0. The Balaban J connectivity index is 3.22. The van der Waals surface area contributed by atoms with Crippen molar-refractivity contribution in [1.29, 1.82) is 0 Å². The van der Waals surface area contributed by atoms with Crippen molar-refractivity contribution in [3.8, 4) is 5.92 Å². The van der Waals surface area contributed by atoms with Crippen LogP contribution in [0.25, 0.3) is 0 Å². The zero-order valence-electron chi connectivity index (χ0n) is 4.99. The molecule has 0 unspecified atom stereocenters. The molecule has 0 atom stereocenters. The van der Waals surface area contributed by atoms with Crippen LogP contribution in [0.2, 0.25) is 10.0 Å². The normalized spacial score (nSPS) is 8.90. The monoisotopic (exact) mass is 169 g/mol. The van der Waals surface area contributed by atoms with Crippen molar-refractivity contribution in [1.82, 2.24) is 0 Å². The van der Waals surface area contributed by atoms with Crippen LogP contribution in [0, 0.1) is 12.3 Å². The van der Waals surface area contributed by atoms with Gasteiger partial charge in [0.25, 0.3) is 0 Å². The van der Waals surface area contributed by atoms with Crippen LogP contribution < -0.4 is 0 Å². The van der Waals surface area contributed by atoms with Gasteiger partial charge in [-0.25, -0.2) is 0 Å². The van der Waals surface area contributed by atoms with Gasteiger partial charge in [-0.3, -0.25) is 5.92 Å². The minimum Gasteiger partial charge on any atom is -0.366 e. The first kappa shape index (κ1) is 7.47. The molecule has 0 nitrogen and oxygen atoms in total. The van der Waals surface area contributed by atoms with Gasteiger partial charge >= 0.3 is 0 Å². The molecule has 0 heterocycles. The molecule has 0 aromatic heterocycles. The summed E-state index contributed by atoms with van der Waals surface area (Å²) in [5, 5.41) is 1.06. The standard InChI is InChI=1S/C8H3Cl2/c1-2-6-3-7(9)5-8(10)4-6/h3-5H/q-1. The van der Waals surface area contributed by atoms with Crippen molar-refractivity contribution >= 4 is 23.2 Å². The van der Waals surface area contributed by atoms with Gasteiger partial charge in [-0.2, -0.15) is 0 Å². The van der Waals surface area contributed by atoms with E-state index in [0.717, 1.165) is 0 Å². The summed E-state index contributed by atoms with van der Waals surface area (Å²) in [7, 11) is 0. The van der Waals surface area contributed by atoms with Gasteiger partial charge in [-0.1, -0.05) is 23.2 Å². The van der Waals surface area contributed by atoms with E-state index in [2.05, 4.69) is 5.92 Å². The minimum atomic E-state index is 0.530. The van der Waals surface area contributed by atoms with Crippen molar-refractivity contribution in [3.63, 3.8) is 0 Å². The molecule has 1 aromatic carbocycles. The topological polar surface area (TPSA) is 0 Å². The summed E-state index contributed by atoms with van der Waals surface area (Å²) in [5.41, 5.74) is 0.595. The molecule has 1 rings (SSSR count). The second-order valence-electron chi connectivity index (χ2n) is 1.78. The fourth-order valence-electron chi connectivity index (χ4n) is 0.626. The van der Waals surface area contributed by atoms with Crippen LogP contribution in [0.5, 0.6) is 0 Å². The molecule has 0 fully saturated rings. The number of halogens is 2. The Morgan fingerprint density at radius 1 is 1.10 bits per heavy atom. The molecule has 2 heteroatoms. The van der Waals surface area contributed by atoms with Crippen molar-refractivity contribution in [3.05, 3.63) is 40.2 Å². The van der Waals surface area contributed by atoms with Gasteiger partial charge in [0, 0.05) is 10.0 Å². The van der Waals surface area contributed by atoms with E-state index >= 15 is 0 Å². The molecule has 0 aliphatic carbocycles. The lowest BCUT2D eigenvalue weighted by Gasteiger charge is -2.00. The summed E-state index contributed by atoms with van der Waals surface area (Å²) in [5.74, 6) is 2.19. The van der Waals surface area contributed by atoms with Gasteiger partial charge in [-0.15, -0.1) is 17.7 Å². The number of hydrogen-bond acceptors (Lipinski definition) is 0. The summed E-state index contributed by atoms with van der Waals surface area (Å²) in [4.78, 5) is 0. The molecular weight excluding hydrogens is 167 g/mol. The minimum absolute atomic E-state index is 0.530. The zero-order valence-corrected chi connectivity index (χ0v) is 6.50. The SMILES string of the molecule is [C-]#Cc1cc(Cl)cc(Cl)c1. The van der Waals surface area contributed by atoms with E-state index in [9.17, 15) is 0 Å².